The summed E-state index contributed by atoms with van der Waals surface area (Å²) in [5.74, 6) is -1.36. The Morgan fingerprint density at radius 2 is 1.57 bits per heavy atom. The van der Waals surface area contributed by atoms with Crippen LogP contribution < -0.4 is 10.0 Å². The molecule has 108 valence electrons. The van der Waals surface area contributed by atoms with Crippen molar-refractivity contribution < 1.29 is 9.59 Å². The number of para-hydroxylation sites is 1. The third-order valence-electron chi connectivity index (χ3n) is 2.53. The second-order valence-electron chi connectivity index (χ2n) is 4.23. The summed E-state index contributed by atoms with van der Waals surface area (Å²) in [4.78, 5) is 24.3. The number of nitrogens with one attached hydrogen (secondary N) is 2. The van der Waals surface area contributed by atoms with Crippen molar-refractivity contribution in [3.63, 3.8) is 0 Å². The molecule has 6 heteroatoms. The van der Waals surface area contributed by atoms with Gasteiger partial charge in [0.05, 0.1) is 0 Å². The van der Waals surface area contributed by atoms with Crippen molar-refractivity contribution in [2.45, 2.75) is 11.8 Å². The first-order chi connectivity index (χ1) is 10.1. The lowest BCUT2D eigenvalue weighted by Crippen LogP contribution is -2.30. The highest BCUT2D eigenvalue weighted by Gasteiger charge is 2.13. The van der Waals surface area contributed by atoms with Crippen LogP contribution in [0.1, 0.15) is 5.56 Å². The van der Waals surface area contributed by atoms with Gasteiger partial charge < -0.3 is 5.32 Å². The first-order valence-corrected chi connectivity index (χ1v) is 8.37. The summed E-state index contributed by atoms with van der Waals surface area (Å²) in [5, 5.41) is 2.52. The van der Waals surface area contributed by atoms with Crippen LogP contribution in [0.4, 0.5) is 5.69 Å². The summed E-state index contributed by atoms with van der Waals surface area (Å²) in [5.41, 5.74) is 1.77. The Labute approximate surface area is 131 Å². The Balaban J connectivity index is 1.76. The Bertz CT molecular complexity index is 615. The smallest absolute Gasteiger partial charge is 0.318 e. The van der Waals surface area contributed by atoms with Crippen molar-refractivity contribution in [1.29, 1.82) is 0 Å². The molecular formula is C15H14N2O2S2. The van der Waals surface area contributed by atoms with E-state index in [2.05, 4.69) is 10.0 Å². The first-order valence-electron chi connectivity index (χ1n) is 6.22. The van der Waals surface area contributed by atoms with Gasteiger partial charge in [-0.1, -0.05) is 35.9 Å². The quantitative estimate of drug-likeness (QED) is 0.515. The van der Waals surface area contributed by atoms with Crippen LogP contribution in [-0.2, 0) is 9.59 Å². The highest BCUT2D eigenvalue weighted by atomic mass is 33.1. The van der Waals surface area contributed by atoms with Crippen molar-refractivity contribution in [3.05, 3.63) is 60.2 Å². The molecule has 0 aromatic heterocycles. The zero-order valence-corrected chi connectivity index (χ0v) is 13.0. The molecule has 2 amide bonds. The normalized spacial score (nSPS) is 9.95. The zero-order valence-electron chi connectivity index (χ0n) is 11.3. The second-order valence-corrected chi connectivity index (χ2v) is 6.24. The molecule has 0 unspecified atom stereocenters. The molecule has 0 fully saturated rings. The minimum absolute atomic E-state index is 0.592. The number of aryl methyl sites for hydroxylation is 1. The predicted octanol–water partition coefficient (Wildman–Crippen LogP) is 3.41. The Morgan fingerprint density at radius 1 is 0.905 bits per heavy atom. The van der Waals surface area contributed by atoms with E-state index < -0.39 is 11.8 Å². The minimum Gasteiger partial charge on any atom is -0.318 e. The van der Waals surface area contributed by atoms with E-state index in [0.717, 1.165) is 15.9 Å². The summed E-state index contributed by atoms with van der Waals surface area (Å²) in [7, 11) is 2.50. The first kappa shape index (κ1) is 15.5. The van der Waals surface area contributed by atoms with E-state index in [9.17, 15) is 9.59 Å². The van der Waals surface area contributed by atoms with Crippen LogP contribution in [0, 0.1) is 6.92 Å². The van der Waals surface area contributed by atoms with E-state index in [1.54, 1.807) is 24.3 Å². The molecule has 2 aromatic rings. The number of rotatable bonds is 4. The summed E-state index contributed by atoms with van der Waals surface area (Å²) < 4.78 is 2.49. The van der Waals surface area contributed by atoms with Crippen molar-refractivity contribution in [2.24, 2.45) is 0 Å². The molecular weight excluding hydrogens is 304 g/mol. The average Bonchev–Trinajstić information content (AvgIpc) is 2.50. The summed E-state index contributed by atoms with van der Waals surface area (Å²) in [6.07, 6.45) is 0. The topological polar surface area (TPSA) is 58.2 Å². The summed E-state index contributed by atoms with van der Waals surface area (Å²) in [6.45, 7) is 2.01. The number of carbonyl (C=O) groups excluding carboxylic acids is 2. The maximum absolute atomic E-state index is 11.7. The molecule has 2 N–H and O–H groups in total. The predicted molar refractivity (Wildman–Crippen MR) is 87.8 cm³/mol. The standard InChI is InChI=1S/C15H14N2O2S2/c1-11-7-9-13(10-8-11)20-21-17-15(19)14(18)16-12-5-3-2-4-6-12/h2-10H,1H3,(H,16,18)(H,17,19). The van der Waals surface area contributed by atoms with Crippen LogP contribution in [0.15, 0.2) is 59.5 Å². The Hall–Kier alpha value is -1.92. The average molecular weight is 318 g/mol. The van der Waals surface area contributed by atoms with E-state index in [1.165, 1.54) is 16.4 Å². The SMILES string of the molecule is Cc1ccc(SSNC(=O)C(=O)Nc2ccccc2)cc1. The number of amides is 2. The van der Waals surface area contributed by atoms with Gasteiger partial charge in [-0.2, -0.15) is 0 Å². The molecule has 4 nitrogen and oxygen atoms in total. The largest absolute Gasteiger partial charge is 0.320 e. The van der Waals surface area contributed by atoms with Gasteiger partial charge in [0, 0.05) is 21.6 Å². The number of hydrogen-bond acceptors (Lipinski definition) is 4. The van der Waals surface area contributed by atoms with Crippen LogP contribution in [0.2, 0.25) is 0 Å². The van der Waals surface area contributed by atoms with Gasteiger partial charge >= 0.3 is 11.8 Å². The number of hydrogen-bond donors (Lipinski definition) is 2. The monoisotopic (exact) mass is 318 g/mol. The highest BCUT2D eigenvalue weighted by molar-refractivity contribution is 8.76. The fraction of sp³-hybridized carbons (Fsp3) is 0.0667. The lowest BCUT2D eigenvalue weighted by atomic mass is 10.2. The molecule has 0 radical (unpaired) electrons. The molecule has 0 aliphatic rings. The molecule has 0 saturated heterocycles. The third kappa shape index (κ3) is 5.17. The molecule has 0 spiro atoms. The van der Waals surface area contributed by atoms with Gasteiger partial charge in [0.15, 0.2) is 0 Å². The van der Waals surface area contributed by atoms with Crippen molar-refractivity contribution in [3.8, 4) is 0 Å². The minimum atomic E-state index is -0.682. The number of benzene rings is 2. The van der Waals surface area contributed by atoms with Crippen molar-refractivity contribution in [2.75, 3.05) is 5.32 Å². The highest BCUT2D eigenvalue weighted by Crippen LogP contribution is 2.28. The third-order valence-corrected chi connectivity index (χ3v) is 4.43. The van der Waals surface area contributed by atoms with Crippen LogP contribution in [0.25, 0.3) is 0 Å². The van der Waals surface area contributed by atoms with Gasteiger partial charge in [-0.25, -0.2) is 0 Å². The molecule has 2 rings (SSSR count). The lowest BCUT2D eigenvalue weighted by molar-refractivity contribution is -0.134. The fourth-order valence-corrected chi connectivity index (χ4v) is 2.98. The van der Waals surface area contributed by atoms with E-state index in [0.29, 0.717) is 5.69 Å². The van der Waals surface area contributed by atoms with E-state index >= 15 is 0 Å². The molecule has 0 aliphatic heterocycles. The number of carbonyl (C=O) groups is 2. The molecule has 0 saturated carbocycles. The Morgan fingerprint density at radius 3 is 2.24 bits per heavy atom. The molecule has 0 atom stereocenters. The summed E-state index contributed by atoms with van der Waals surface area (Å²) >= 11 is 0. The van der Waals surface area contributed by atoms with E-state index in [-0.39, 0.29) is 0 Å². The molecule has 0 bridgehead atoms. The van der Waals surface area contributed by atoms with Crippen LogP contribution in [0.3, 0.4) is 0 Å². The van der Waals surface area contributed by atoms with Gasteiger partial charge in [-0.15, -0.1) is 0 Å². The van der Waals surface area contributed by atoms with Crippen molar-refractivity contribution in [1.82, 2.24) is 4.72 Å². The van der Waals surface area contributed by atoms with Gasteiger partial charge in [-0.3, -0.25) is 14.3 Å². The van der Waals surface area contributed by atoms with E-state index in [1.807, 2.05) is 37.3 Å². The maximum atomic E-state index is 11.7. The molecule has 0 aliphatic carbocycles. The van der Waals surface area contributed by atoms with Crippen LogP contribution >= 0.6 is 21.8 Å². The van der Waals surface area contributed by atoms with Gasteiger partial charge in [0.25, 0.3) is 0 Å². The van der Waals surface area contributed by atoms with Gasteiger partial charge in [-0.05, 0) is 42.0 Å². The zero-order chi connectivity index (χ0) is 15.1. The van der Waals surface area contributed by atoms with Crippen molar-refractivity contribution >= 4 is 39.3 Å². The number of anilines is 1. The molecule has 2 aromatic carbocycles. The Kier molecular flexibility index (Phi) is 5.71. The summed E-state index contributed by atoms with van der Waals surface area (Å²) in [6, 6.07) is 16.8. The van der Waals surface area contributed by atoms with Gasteiger partial charge in [0.2, 0.25) is 0 Å². The van der Waals surface area contributed by atoms with Crippen LogP contribution in [0.5, 0.6) is 0 Å². The van der Waals surface area contributed by atoms with Gasteiger partial charge in [0.1, 0.15) is 0 Å². The maximum Gasteiger partial charge on any atom is 0.320 e. The molecule has 0 heterocycles. The van der Waals surface area contributed by atoms with E-state index in [4.69, 9.17) is 0 Å². The second kappa shape index (κ2) is 7.75. The lowest BCUT2D eigenvalue weighted by Gasteiger charge is -2.05. The fourth-order valence-electron chi connectivity index (χ4n) is 1.46. The molecule has 21 heavy (non-hydrogen) atoms. The van der Waals surface area contributed by atoms with Crippen LogP contribution in [-0.4, -0.2) is 11.8 Å².